The predicted octanol–water partition coefficient (Wildman–Crippen LogP) is 3.73. The molecule has 0 amide bonds. The van der Waals surface area contributed by atoms with Crippen LogP contribution in [0.4, 0.5) is 0 Å². The maximum atomic E-state index is 9.13. The molecule has 112 valence electrons. The van der Waals surface area contributed by atoms with E-state index in [1.807, 2.05) is 0 Å². The molecule has 0 aliphatic heterocycles. The maximum Gasteiger partial charge on any atom is 0.341 e. The molecule has 7 heteroatoms. The molecule has 6 nitrogen and oxygen atoms in total. The molecule has 0 fully saturated rings. The molecule has 0 bridgehead atoms. The Morgan fingerprint density at radius 2 is 1.00 bits per heavy atom. The van der Waals surface area contributed by atoms with E-state index in [4.69, 9.17) is 5.39 Å². The molecule has 0 aromatic rings. The largest absolute Gasteiger partial charge is 0.341 e. The molecule has 0 rings (SSSR count). The Balaban J connectivity index is 6.03. The lowest BCUT2D eigenvalue weighted by Gasteiger charge is -2.44. The zero-order chi connectivity index (χ0) is 14.9. The summed E-state index contributed by atoms with van der Waals surface area (Å²) in [6, 6.07) is 0. The molecule has 0 aliphatic rings. The average Bonchev–Trinajstić information content (AvgIpc) is 2.42. The van der Waals surface area contributed by atoms with Gasteiger partial charge in [-0.1, -0.05) is 41.5 Å². The van der Waals surface area contributed by atoms with Gasteiger partial charge in [0.2, 0.25) is 0 Å². The minimum absolute atomic E-state index is 0.899. The number of nitrogens with zero attached hydrogens (tertiary/aromatic N) is 6. The first-order valence-corrected chi connectivity index (χ1v) is 8.94. The molecular formula is C12H30N6P+. The van der Waals surface area contributed by atoms with Crippen LogP contribution in [-0.2, 0) is 0 Å². The van der Waals surface area contributed by atoms with Gasteiger partial charge >= 0.3 is 5.08 Å². The van der Waals surface area contributed by atoms with Crippen LogP contribution in [-0.4, -0.2) is 53.3 Å². The summed E-state index contributed by atoms with van der Waals surface area (Å²) in [4.78, 5) is 4.35. The zero-order valence-corrected chi connectivity index (χ0v) is 14.3. The Morgan fingerprint density at radius 1 is 0.737 bits per heavy atom. The summed E-state index contributed by atoms with van der Waals surface area (Å²) in [5, 5.41) is 12.3. The van der Waals surface area contributed by atoms with Crippen LogP contribution in [0.25, 0.3) is 5.08 Å². The fourth-order valence-corrected chi connectivity index (χ4v) is 6.37. The lowest BCUT2D eigenvalue weighted by Crippen LogP contribution is -2.41. The van der Waals surface area contributed by atoms with Crippen LogP contribution in [0.2, 0.25) is 0 Å². The zero-order valence-electron chi connectivity index (χ0n) is 13.4. The first-order valence-electron chi connectivity index (χ1n) is 7.34. The van der Waals surface area contributed by atoms with Crippen LogP contribution in [0, 0.1) is 5.39 Å². The first kappa shape index (κ1) is 18.5. The Hall–Kier alpha value is -0.470. The van der Waals surface area contributed by atoms with Crippen LogP contribution >= 0.6 is 7.51 Å². The summed E-state index contributed by atoms with van der Waals surface area (Å²) in [6.45, 7) is 18.2. The van der Waals surface area contributed by atoms with Crippen molar-refractivity contribution in [1.82, 2.24) is 14.0 Å². The molecule has 0 heterocycles. The van der Waals surface area contributed by atoms with Crippen molar-refractivity contribution in [1.29, 1.82) is 5.39 Å². The number of hydrogen-bond acceptors (Lipinski definition) is 2. The Labute approximate surface area is 118 Å². The molecule has 0 saturated heterocycles. The van der Waals surface area contributed by atoms with Crippen molar-refractivity contribution < 1.29 is 0 Å². The first-order chi connectivity index (χ1) is 9.12. The number of diazo groups is 1. The van der Waals surface area contributed by atoms with Crippen LogP contribution in [0.5, 0.6) is 0 Å². The molecule has 0 spiro atoms. The summed E-state index contributed by atoms with van der Waals surface area (Å²) >= 11 is 0. The van der Waals surface area contributed by atoms with Gasteiger partial charge in [0.15, 0.2) is 4.85 Å². The standard InChI is InChI=1S/C12H30N6P/c1-7-16(8-2)19(15-14-13,17(9-3)10-4)18(11-5)12-6/h7-12H2,1-6H3/q+1. The molecule has 0 atom stereocenters. The van der Waals surface area contributed by atoms with E-state index in [0.717, 1.165) is 39.3 Å². The third-order valence-corrected chi connectivity index (χ3v) is 7.78. The van der Waals surface area contributed by atoms with Crippen molar-refractivity contribution in [2.24, 2.45) is 4.85 Å². The van der Waals surface area contributed by atoms with Crippen molar-refractivity contribution in [2.75, 3.05) is 39.3 Å². The highest BCUT2D eigenvalue weighted by Gasteiger charge is 2.41. The van der Waals surface area contributed by atoms with Gasteiger partial charge in [-0.3, -0.25) is 0 Å². The van der Waals surface area contributed by atoms with E-state index in [1.54, 1.807) is 0 Å². The smallest absolute Gasteiger partial charge is 0.240 e. The van der Waals surface area contributed by atoms with E-state index in [9.17, 15) is 0 Å². The summed E-state index contributed by atoms with van der Waals surface area (Å²) in [5.74, 6) is 0. The second-order valence-electron chi connectivity index (χ2n) is 4.13. The third-order valence-electron chi connectivity index (χ3n) is 3.49. The van der Waals surface area contributed by atoms with E-state index in [2.05, 4.69) is 65.5 Å². The highest BCUT2D eigenvalue weighted by molar-refractivity contribution is 7.59. The van der Waals surface area contributed by atoms with Crippen LogP contribution < -0.4 is 0 Å². The normalized spacial score (nSPS) is 12.2. The van der Waals surface area contributed by atoms with Gasteiger partial charge in [0.1, 0.15) is 0 Å². The Kier molecular flexibility index (Phi) is 9.20. The van der Waals surface area contributed by atoms with Gasteiger partial charge in [-0.05, 0) is 0 Å². The Bertz CT molecular complexity index is 288. The molecule has 0 aromatic carbocycles. The summed E-state index contributed by atoms with van der Waals surface area (Å²) in [5.41, 5.74) is 0. The molecule has 0 N–H and O–H groups in total. The molecular weight excluding hydrogens is 259 g/mol. The molecule has 0 radical (unpaired) electrons. The van der Waals surface area contributed by atoms with Gasteiger partial charge in [0.05, 0.1) is 0 Å². The second-order valence-corrected chi connectivity index (χ2v) is 7.08. The lowest BCUT2D eigenvalue weighted by molar-refractivity contribution is 0.339. The van der Waals surface area contributed by atoms with Gasteiger partial charge in [0, 0.05) is 39.3 Å². The van der Waals surface area contributed by atoms with Crippen LogP contribution in [0.15, 0.2) is 4.85 Å². The molecule has 0 aromatic heterocycles. The second kappa shape index (κ2) is 9.44. The monoisotopic (exact) mass is 289 g/mol. The SMILES string of the molecule is CCN(CC)P(=N[N+]#N)(N(CC)CC)N(CC)CC. The minimum Gasteiger partial charge on any atom is -0.240 e. The number of hydrogen-bond donors (Lipinski definition) is 0. The molecule has 0 saturated carbocycles. The van der Waals surface area contributed by atoms with Crippen LogP contribution in [0.1, 0.15) is 41.5 Å². The van der Waals surface area contributed by atoms with Crippen molar-refractivity contribution in [2.45, 2.75) is 41.5 Å². The molecule has 19 heavy (non-hydrogen) atoms. The highest BCUT2D eigenvalue weighted by Crippen LogP contribution is 2.59. The fourth-order valence-electron chi connectivity index (χ4n) is 2.57. The van der Waals surface area contributed by atoms with Gasteiger partial charge < -0.3 is 0 Å². The average molecular weight is 289 g/mol. The van der Waals surface area contributed by atoms with E-state index in [1.165, 1.54) is 0 Å². The van der Waals surface area contributed by atoms with Gasteiger partial charge in [0.25, 0.3) is 12.9 Å². The summed E-state index contributed by atoms with van der Waals surface area (Å²) in [7, 11) is -2.12. The van der Waals surface area contributed by atoms with Crippen LogP contribution in [0.3, 0.4) is 0 Å². The Morgan fingerprint density at radius 3 is 1.16 bits per heavy atom. The maximum absolute atomic E-state index is 9.13. The highest BCUT2D eigenvalue weighted by atomic mass is 31.2. The summed E-state index contributed by atoms with van der Waals surface area (Å²) in [6.07, 6.45) is 0. The van der Waals surface area contributed by atoms with Crippen molar-refractivity contribution in [3.05, 3.63) is 5.08 Å². The fraction of sp³-hybridized carbons (Fsp3) is 1.00. The van der Waals surface area contributed by atoms with Gasteiger partial charge in [-0.25, -0.2) is 14.0 Å². The number of rotatable bonds is 9. The van der Waals surface area contributed by atoms with E-state index >= 15 is 0 Å². The molecule has 0 aliphatic carbocycles. The van der Waals surface area contributed by atoms with E-state index in [0.29, 0.717) is 0 Å². The molecule has 0 unspecified atom stereocenters. The van der Waals surface area contributed by atoms with Crippen molar-refractivity contribution in [3.8, 4) is 0 Å². The van der Waals surface area contributed by atoms with Crippen molar-refractivity contribution in [3.63, 3.8) is 0 Å². The van der Waals surface area contributed by atoms with Gasteiger partial charge in [-0.2, -0.15) is 0 Å². The quantitative estimate of drug-likeness (QED) is 0.369. The van der Waals surface area contributed by atoms with E-state index in [-0.39, 0.29) is 0 Å². The topological polar surface area (TPSA) is 50.2 Å². The van der Waals surface area contributed by atoms with E-state index < -0.39 is 7.51 Å². The lowest BCUT2D eigenvalue weighted by atomic mass is 10.7. The third kappa shape index (κ3) is 3.76. The minimum atomic E-state index is -2.12. The summed E-state index contributed by atoms with van der Waals surface area (Å²) < 4.78 is 7.02. The van der Waals surface area contributed by atoms with Crippen molar-refractivity contribution >= 4 is 7.51 Å². The van der Waals surface area contributed by atoms with Gasteiger partial charge in [-0.15, -0.1) is 0 Å². The predicted molar refractivity (Wildman–Crippen MR) is 83.2 cm³/mol.